The van der Waals surface area contributed by atoms with E-state index in [4.69, 9.17) is 0 Å². The van der Waals surface area contributed by atoms with E-state index in [0.717, 1.165) is 28.3 Å². The molecule has 1 aromatic heterocycles. The number of alkyl halides is 3. The Morgan fingerprint density at radius 3 is 2.77 bits per heavy atom. The van der Waals surface area contributed by atoms with Gasteiger partial charge >= 0.3 is 6.18 Å². The summed E-state index contributed by atoms with van der Waals surface area (Å²) in [5.74, 6) is 0. The molecule has 0 spiro atoms. The van der Waals surface area contributed by atoms with E-state index in [1.807, 2.05) is 0 Å². The molecule has 5 heteroatoms. The Hall–Kier alpha value is -0.550. The second-order valence-corrected chi connectivity index (χ2v) is 4.12. The third-order valence-electron chi connectivity index (χ3n) is 2.03. The standard InChI is InChI=1S/C8H8F3NS/c9-8(10,11)7-3-5-1-2-12-4-6(5)13-7/h3,12H,1-2,4H2. The third-order valence-corrected chi connectivity index (χ3v) is 3.25. The minimum Gasteiger partial charge on any atom is -0.312 e. The molecule has 0 fully saturated rings. The molecule has 0 saturated heterocycles. The maximum atomic E-state index is 12.3. The van der Waals surface area contributed by atoms with Crippen LogP contribution >= 0.6 is 11.3 Å². The summed E-state index contributed by atoms with van der Waals surface area (Å²) in [5.41, 5.74) is 0.857. The number of thiophene rings is 1. The van der Waals surface area contributed by atoms with Crippen LogP contribution in [-0.2, 0) is 19.1 Å². The van der Waals surface area contributed by atoms with Crippen LogP contribution in [0.4, 0.5) is 13.2 Å². The zero-order valence-corrected chi connectivity index (χ0v) is 7.56. The van der Waals surface area contributed by atoms with E-state index in [2.05, 4.69) is 5.32 Å². The molecular formula is C8H8F3NS. The topological polar surface area (TPSA) is 12.0 Å². The van der Waals surface area contributed by atoms with Crippen molar-refractivity contribution in [3.05, 3.63) is 21.4 Å². The molecule has 0 bridgehead atoms. The fourth-order valence-corrected chi connectivity index (χ4v) is 2.44. The predicted molar refractivity (Wildman–Crippen MR) is 44.7 cm³/mol. The molecule has 0 aromatic carbocycles. The van der Waals surface area contributed by atoms with Gasteiger partial charge in [0.25, 0.3) is 0 Å². The van der Waals surface area contributed by atoms with E-state index in [1.54, 1.807) is 0 Å². The fraction of sp³-hybridized carbons (Fsp3) is 0.500. The van der Waals surface area contributed by atoms with Crippen LogP contribution < -0.4 is 5.32 Å². The fourth-order valence-electron chi connectivity index (χ4n) is 1.39. The Morgan fingerprint density at radius 1 is 1.38 bits per heavy atom. The number of hydrogen-bond donors (Lipinski definition) is 1. The summed E-state index contributed by atoms with van der Waals surface area (Å²) in [6, 6.07) is 1.28. The summed E-state index contributed by atoms with van der Waals surface area (Å²) in [4.78, 5) is 0.361. The van der Waals surface area contributed by atoms with Crippen LogP contribution in [0.3, 0.4) is 0 Å². The molecule has 0 saturated carbocycles. The summed E-state index contributed by atoms with van der Waals surface area (Å²) in [6.45, 7) is 1.36. The monoisotopic (exact) mass is 207 g/mol. The average molecular weight is 207 g/mol. The summed E-state index contributed by atoms with van der Waals surface area (Å²) < 4.78 is 36.8. The molecular weight excluding hydrogens is 199 g/mol. The number of rotatable bonds is 0. The van der Waals surface area contributed by atoms with Crippen molar-refractivity contribution in [2.24, 2.45) is 0 Å². The van der Waals surface area contributed by atoms with Crippen LogP contribution in [0.25, 0.3) is 0 Å². The number of halogens is 3. The molecule has 0 unspecified atom stereocenters. The van der Waals surface area contributed by atoms with Crippen molar-refractivity contribution in [2.75, 3.05) is 6.54 Å². The zero-order chi connectivity index (χ0) is 9.47. The predicted octanol–water partition coefficient (Wildman–Crippen LogP) is 2.41. The van der Waals surface area contributed by atoms with Gasteiger partial charge in [-0.15, -0.1) is 11.3 Å². The molecule has 1 nitrogen and oxygen atoms in total. The molecule has 0 atom stereocenters. The average Bonchev–Trinajstić information content (AvgIpc) is 2.45. The van der Waals surface area contributed by atoms with Crippen molar-refractivity contribution in [1.82, 2.24) is 5.32 Å². The summed E-state index contributed by atoms with van der Waals surface area (Å²) >= 11 is 0.855. The number of nitrogens with one attached hydrogen (secondary N) is 1. The third kappa shape index (κ3) is 1.71. The van der Waals surface area contributed by atoms with Gasteiger partial charge in [0.2, 0.25) is 0 Å². The zero-order valence-electron chi connectivity index (χ0n) is 6.74. The van der Waals surface area contributed by atoms with Crippen molar-refractivity contribution in [2.45, 2.75) is 19.1 Å². The van der Waals surface area contributed by atoms with Gasteiger partial charge in [-0.05, 0) is 24.6 Å². The van der Waals surface area contributed by atoms with Gasteiger partial charge in [-0.25, -0.2) is 0 Å². The second kappa shape index (κ2) is 2.99. The minimum atomic E-state index is -4.18. The van der Waals surface area contributed by atoms with Gasteiger partial charge in [0.15, 0.2) is 0 Å². The lowest BCUT2D eigenvalue weighted by Crippen LogP contribution is -2.21. The highest BCUT2D eigenvalue weighted by atomic mass is 32.1. The molecule has 1 aliphatic rings. The van der Waals surface area contributed by atoms with Crippen LogP contribution in [0, 0.1) is 0 Å². The van der Waals surface area contributed by atoms with Crippen molar-refractivity contribution in [3.63, 3.8) is 0 Å². The summed E-state index contributed by atoms with van der Waals surface area (Å²) in [5, 5.41) is 3.05. The largest absolute Gasteiger partial charge is 0.425 e. The van der Waals surface area contributed by atoms with Crippen LogP contribution in [-0.4, -0.2) is 6.54 Å². The van der Waals surface area contributed by atoms with Crippen molar-refractivity contribution < 1.29 is 13.2 Å². The minimum absolute atomic E-state index is 0.471. The lowest BCUT2D eigenvalue weighted by Gasteiger charge is -2.10. The second-order valence-electron chi connectivity index (χ2n) is 2.98. The van der Waals surface area contributed by atoms with Crippen molar-refractivity contribution >= 4 is 11.3 Å². The van der Waals surface area contributed by atoms with Gasteiger partial charge < -0.3 is 5.32 Å². The lowest BCUT2D eigenvalue weighted by atomic mass is 10.1. The van der Waals surface area contributed by atoms with Gasteiger partial charge in [0.05, 0.1) is 0 Å². The first-order chi connectivity index (χ1) is 6.07. The molecule has 0 radical (unpaired) electrons. The molecule has 0 amide bonds. The van der Waals surface area contributed by atoms with E-state index in [9.17, 15) is 13.2 Å². The molecule has 1 aliphatic heterocycles. The Morgan fingerprint density at radius 2 is 2.15 bits per heavy atom. The Balaban J connectivity index is 2.36. The van der Waals surface area contributed by atoms with Gasteiger partial charge in [0, 0.05) is 11.4 Å². The highest BCUT2D eigenvalue weighted by Gasteiger charge is 2.34. The van der Waals surface area contributed by atoms with E-state index >= 15 is 0 Å². The first-order valence-corrected chi connectivity index (χ1v) is 4.78. The molecule has 0 aliphatic carbocycles. The quantitative estimate of drug-likeness (QED) is 0.688. The van der Waals surface area contributed by atoms with E-state index in [-0.39, 0.29) is 0 Å². The van der Waals surface area contributed by atoms with Crippen molar-refractivity contribution in [3.8, 4) is 0 Å². The van der Waals surface area contributed by atoms with Gasteiger partial charge in [0.1, 0.15) is 4.88 Å². The van der Waals surface area contributed by atoms with Gasteiger partial charge in [-0.1, -0.05) is 0 Å². The summed E-state index contributed by atoms with van der Waals surface area (Å²) in [7, 11) is 0. The van der Waals surface area contributed by atoms with Crippen LogP contribution in [0.5, 0.6) is 0 Å². The molecule has 2 heterocycles. The van der Waals surface area contributed by atoms with E-state index in [0.29, 0.717) is 13.0 Å². The van der Waals surface area contributed by atoms with E-state index < -0.39 is 11.1 Å². The van der Waals surface area contributed by atoms with Gasteiger partial charge in [-0.3, -0.25) is 0 Å². The van der Waals surface area contributed by atoms with Crippen molar-refractivity contribution in [1.29, 1.82) is 0 Å². The Kier molecular flexibility index (Phi) is 2.08. The first kappa shape index (κ1) is 9.02. The highest BCUT2D eigenvalue weighted by Crippen LogP contribution is 2.37. The molecule has 1 N–H and O–H groups in total. The lowest BCUT2D eigenvalue weighted by molar-refractivity contribution is -0.134. The molecule has 2 rings (SSSR count). The number of fused-ring (bicyclic) bond motifs is 1. The Bertz CT molecular complexity index is 292. The van der Waals surface area contributed by atoms with Gasteiger partial charge in [-0.2, -0.15) is 13.2 Å². The highest BCUT2D eigenvalue weighted by molar-refractivity contribution is 7.12. The number of hydrogen-bond acceptors (Lipinski definition) is 2. The molecule has 13 heavy (non-hydrogen) atoms. The summed E-state index contributed by atoms with van der Waals surface area (Å²) in [6.07, 6.45) is -3.47. The van der Waals surface area contributed by atoms with E-state index in [1.165, 1.54) is 6.07 Å². The van der Waals surface area contributed by atoms with Crippen LogP contribution in [0.1, 0.15) is 15.3 Å². The van der Waals surface area contributed by atoms with Crippen LogP contribution in [0.2, 0.25) is 0 Å². The SMILES string of the molecule is FC(F)(F)c1cc2c(s1)CNCC2. The molecule has 72 valence electrons. The molecule has 1 aromatic rings. The van der Waals surface area contributed by atoms with Crippen LogP contribution in [0.15, 0.2) is 6.07 Å². The maximum absolute atomic E-state index is 12.3. The Labute approximate surface area is 77.6 Å². The smallest absolute Gasteiger partial charge is 0.312 e. The maximum Gasteiger partial charge on any atom is 0.425 e. The normalized spacial score (nSPS) is 17.2. The first-order valence-electron chi connectivity index (χ1n) is 3.97.